The van der Waals surface area contributed by atoms with E-state index in [1.54, 1.807) is 12.1 Å². The Morgan fingerprint density at radius 3 is 2.81 bits per heavy atom. The van der Waals surface area contributed by atoms with Gasteiger partial charge in [-0.2, -0.15) is 12.7 Å². The van der Waals surface area contributed by atoms with Crippen LogP contribution < -0.4 is 9.46 Å². The normalized spacial score (nSPS) is 15.9. The number of rotatable bonds is 7. The first kappa shape index (κ1) is 24.5. The second kappa shape index (κ2) is 10.1. The average molecular weight is 526 g/mol. The van der Waals surface area contributed by atoms with Crippen molar-refractivity contribution in [3.05, 3.63) is 47.8 Å². The number of benzene rings is 1. The summed E-state index contributed by atoms with van der Waals surface area (Å²) in [6.07, 6.45) is 2.81. The molecule has 1 saturated heterocycles. The van der Waals surface area contributed by atoms with E-state index >= 15 is 0 Å². The Morgan fingerprint density at radius 2 is 2.05 bits per heavy atom. The minimum Gasteiger partial charge on any atom is -0.506 e. The van der Waals surface area contributed by atoms with E-state index in [1.807, 2.05) is 6.92 Å². The number of aromatic hydroxyl groups is 1. The summed E-state index contributed by atoms with van der Waals surface area (Å²) in [5.41, 5.74) is 6.56. The van der Waals surface area contributed by atoms with E-state index in [9.17, 15) is 13.5 Å². The molecule has 3 aromatic rings. The van der Waals surface area contributed by atoms with Gasteiger partial charge in [0.25, 0.3) is 0 Å². The SMILES string of the molecule is CCOC1=NC(c2nc3nc(NS(=O)(=O)N4CCOCC4)cnc3n2-c2c(O)cccc2OC)=C=C=C1. The smallest absolute Gasteiger partial charge is 0.303 e. The maximum atomic E-state index is 12.8. The number of phenolic OH excluding ortho intramolecular Hbond substituents is 1. The van der Waals surface area contributed by atoms with E-state index in [-0.39, 0.29) is 53.2 Å². The second-order valence-corrected chi connectivity index (χ2v) is 9.44. The average Bonchev–Trinajstić information content (AvgIpc) is 3.27. The number of morpholine rings is 1. The number of anilines is 1. The molecule has 0 bridgehead atoms. The standard InChI is InChI=1S/C23H23N7O6S/c1-3-36-19-9-4-6-15(25-19)22-27-21-23(30(22)20-16(31)7-5-8-17(20)34-2)24-14-18(26-21)28-37(32,33)29-10-12-35-13-11-29/h5,7-9,14,31H,3,10-13H2,1-2H3,(H,26,28). The molecule has 192 valence electrons. The molecule has 13 nitrogen and oxygen atoms in total. The first-order valence-electron chi connectivity index (χ1n) is 11.3. The lowest BCUT2D eigenvalue weighted by Gasteiger charge is -2.25. The molecule has 14 heteroatoms. The number of phenols is 1. The van der Waals surface area contributed by atoms with Crippen molar-refractivity contribution in [2.45, 2.75) is 6.92 Å². The molecule has 2 aromatic heterocycles. The quantitative estimate of drug-likeness (QED) is 0.438. The lowest BCUT2D eigenvalue weighted by molar-refractivity contribution is 0.0733. The molecule has 0 saturated carbocycles. The number of ether oxygens (including phenoxy) is 3. The fraction of sp³-hybridized carbons (Fsp3) is 0.304. The summed E-state index contributed by atoms with van der Waals surface area (Å²) < 4.78 is 47.1. The Labute approximate surface area is 212 Å². The van der Waals surface area contributed by atoms with Crippen molar-refractivity contribution in [2.75, 3.05) is 44.7 Å². The molecule has 1 aromatic carbocycles. The fourth-order valence-corrected chi connectivity index (χ4v) is 4.95. The molecular weight excluding hydrogens is 502 g/mol. The third-order valence-corrected chi connectivity index (χ3v) is 6.96. The van der Waals surface area contributed by atoms with Crippen LogP contribution in [0.25, 0.3) is 22.7 Å². The Bertz CT molecular complexity index is 1590. The van der Waals surface area contributed by atoms with Crippen LogP contribution in [0.4, 0.5) is 5.82 Å². The van der Waals surface area contributed by atoms with Gasteiger partial charge in [-0.05, 0) is 24.8 Å². The van der Waals surface area contributed by atoms with E-state index in [1.165, 1.54) is 34.3 Å². The van der Waals surface area contributed by atoms with Gasteiger partial charge in [0.1, 0.15) is 17.2 Å². The van der Waals surface area contributed by atoms with Crippen LogP contribution >= 0.6 is 0 Å². The van der Waals surface area contributed by atoms with Crippen LogP contribution in [0, 0.1) is 0 Å². The largest absolute Gasteiger partial charge is 0.506 e. The summed E-state index contributed by atoms with van der Waals surface area (Å²) in [5, 5.41) is 10.8. The van der Waals surface area contributed by atoms with Crippen molar-refractivity contribution in [3.63, 3.8) is 0 Å². The minimum atomic E-state index is -3.88. The first-order chi connectivity index (χ1) is 17.9. The number of methoxy groups -OCH3 is 1. The summed E-state index contributed by atoms with van der Waals surface area (Å²) in [4.78, 5) is 17.8. The van der Waals surface area contributed by atoms with E-state index < -0.39 is 10.2 Å². The number of fused-ring (bicyclic) bond motifs is 1. The first-order valence-corrected chi connectivity index (χ1v) is 12.8. The fourth-order valence-electron chi connectivity index (χ4n) is 3.82. The van der Waals surface area contributed by atoms with Crippen molar-refractivity contribution >= 4 is 38.9 Å². The number of imidazole rings is 1. The van der Waals surface area contributed by atoms with Crippen molar-refractivity contribution in [3.8, 4) is 17.2 Å². The van der Waals surface area contributed by atoms with Gasteiger partial charge >= 0.3 is 10.2 Å². The predicted octanol–water partition coefficient (Wildman–Crippen LogP) is 1.62. The van der Waals surface area contributed by atoms with Crippen molar-refractivity contribution in [1.29, 1.82) is 0 Å². The molecule has 4 heterocycles. The third-order valence-electron chi connectivity index (χ3n) is 5.45. The van der Waals surface area contributed by atoms with Crippen LogP contribution in [0.1, 0.15) is 12.7 Å². The van der Waals surface area contributed by atoms with Crippen LogP contribution in [-0.2, 0) is 19.7 Å². The van der Waals surface area contributed by atoms with Gasteiger partial charge in [0.05, 0.1) is 39.2 Å². The zero-order valence-corrected chi connectivity index (χ0v) is 20.8. The number of nitrogens with one attached hydrogen (secondary N) is 1. The molecule has 5 rings (SSSR count). The zero-order chi connectivity index (χ0) is 26.0. The van der Waals surface area contributed by atoms with Crippen molar-refractivity contribution in [2.24, 2.45) is 4.99 Å². The van der Waals surface area contributed by atoms with E-state index in [2.05, 4.69) is 36.1 Å². The Hall–Kier alpha value is -4.19. The maximum absolute atomic E-state index is 12.8. The highest BCUT2D eigenvalue weighted by Crippen LogP contribution is 2.36. The van der Waals surface area contributed by atoms with Crippen LogP contribution in [-0.4, -0.2) is 83.3 Å². The van der Waals surface area contributed by atoms with Gasteiger partial charge in [0, 0.05) is 13.1 Å². The van der Waals surface area contributed by atoms with Crippen LogP contribution in [0.3, 0.4) is 0 Å². The number of hydrogen-bond donors (Lipinski definition) is 2. The topological polar surface area (TPSA) is 153 Å². The number of hydrogen-bond acceptors (Lipinski definition) is 10. The molecule has 2 aliphatic rings. The number of aromatic nitrogens is 4. The molecule has 1 fully saturated rings. The maximum Gasteiger partial charge on any atom is 0.303 e. The van der Waals surface area contributed by atoms with Crippen LogP contribution in [0.5, 0.6) is 11.5 Å². The molecule has 0 aliphatic carbocycles. The minimum absolute atomic E-state index is 0.0222. The van der Waals surface area contributed by atoms with E-state index in [0.29, 0.717) is 31.5 Å². The molecule has 0 amide bonds. The molecule has 0 radical (unpaired) electrons. The van der Waals surface area contributed by atoms with Gasteiger partial charge in [0.15, 0.2) is 23.0 Å². The highest BCUT2D eigenvalue weighted by Gasteiger charge is 2.27. The predicted molar refractivity (Wildman–Crippen MR) is 134 cm³/mol. The highest BCUT2D eigenvalue weighted by atomic mass is 32.2. The summed E-state index contributed by atoms with van der Waals surface area (Å²) in [7, 11) is -2.41. The zero-order valence-electron chi connectivity index (χ0n) is 20.0. The van der Waals surface area contributed by atoms with Gasteiger partial charge in [0.2, 0.25) is 11.5 Å². The number of nitrogens with zero attached hydrogens (tertiary/aromatic N) is 6. The van der Waals surface area contributed by atoms with Gasteiger partial charge in [-0.1, -0.05) is 11.8 Å². The molecule has 2 aliphatic heterocycles. The summed E-state index contributed by atoms with van der Waals surface area (Å²) in [6.45, 7) is 3.29. The van der Waals surface area contributed by atoms with E-state index in [4.69, 9.17) is 14.2 Å². The molecular formula is C23H23N7O6S. The third kappa shape index (κ3) is 4.79. The van der Waals surface area contributed by atoms with Gasteiger partial charge in [-0.3, -0.25) is 9.29 Å². The lowest BCUT2D eigenvalue weighted by atomic mass is 10.2. The monoisotopic (exact) mass is 525 g/mol. The Kier molecular flexibility index (Phi) is 6.66. The van der Waals surface area contributed by atoms with Crippen LogP contribution in [0.15, 0.2) is 46.9 Å². The second-order valence-electron chi connectivity index (χ2n) is 7.77. The van der Waals surface area contributed by atoms with Gasteiger partial charge in [-0.15, -0.1) is 0 Å². The van der Waals surface area contributed by atoms with Crippen LogP contribution in [0.2, 0.25) is 0 Å². The molecule has 37 heavy (non-hydrogen) atoms. The Balaban J connectivity index is 1.66. The molecule has 0 atom stereocenters. The Morgan fingerprint density at radius 1 is 1.24 bits per heavy atom. The molecule has 2 N–H and O–H groups in total. The summed E-state index contributed by atoms with van der Waals surface area (Å²) in [6, 6.07) is 4.79. The molecule has 0 spiro atoms. The summed E-state index contributed by atoms with van der Waals surface area (Å²) >= 11 is 0. The highest BCUT2D eigenvalue weighted by molar-refractivity contribution is 7.90. The number of aliphatic imine (C=N–C) groups is 1. The van der Waals surface area contributed by atoms with E-state index in [0.717, 1.165) is 0 Å². The van der Waals surface area contributed by atoms with Crippen molar-refractivity contribution in [1.82, 2.24) is 23.8 Å². The molecule has 0 unspecified atom stereocenters. The van der Waals surface area contributed by atoms with Crippen molar-refractivity contribution < 1.29 is 27.7 Å². The number of para-hydroxylation sites is 1. The lowest BCUT2D eigenvalue weighted by Crippen LogP contribution is -2.43. The summed E-state index contributed by atoms with van der Waals surface area (Å²) in [5.74, 6) is 0.721. The van der Waals surface area contributed by atoms with Gasteiger partial charge in [-0.25, -0.2) is 19.9 Å². The van der Waals surface area contributed by atoms with Gasteiger partial charge < -0.3 is 19.3 Å².